The monoisotopic (exact) mass is 316 g/mol. The number of nitrogens with one attached hydrogen (secondary N) is 1. The van der Waals surface area contributed by atoms with Gasteiger partial charge in [-0.2, -0.15) is 0 Å². The summed E-state index contributed by atoms with van der Waals surface area (Å²) in [5.74, 6) is -0.0981. The van der Waals surface area contributed by atoms with E-state index in [0.29, 0.717) is 15.9 Å². The zero-order valence-corrected chi connectivity index (χ0v) is 10.8. The molecule has 0 spiro atoms. The van der Waals surface area contributed by atoms with Crippen LogP contribution in [0.25, 0.3) is 0 Å². The summed E-state index contributed by atoms with van der Waals surface area (Å²) in [6.07, 6.45) is 1.57. The first-order valence-electron chi connectivity index (χ1n) is 4.74. The number of rotatable bonds is 2. The third-order valence-corrected chi connectivity index (χ3v) is 3.05. The van der Waals surface area contributed by atoms with Crippen molar-refractivity contribution in [1.82, 2.24) is 9.97 Å². The van der Waals surface area contributed by atoms with Gasteiger partial charge < -0.3 is 4.98 Å². The molecule has 0 unspecified atom stereocenters. The molecule has 0 saturated heterocycles. The Hall–Kier alpha value is -1.20. The molecule has 0 bridgehead atoms. The first kappa shape index (κ1) is 12.3. The average molecular weight is 318 g/mol. The molecule has 0 radical (unpaired) electrons. The van der Waals surface area contributed by atoms with Gasteiger partial charge in [-0.1, -0.05) is 23.7 Å². The fraction of sp³-hybridized carbons (Fsp3) is 0.0909. The highest BCUT2D eigenvalue weighted by atomic mass is 79.9. The lowest BCUT2D eigenvalue weighted by molar-refractivity contribution is 0.612. The maximum Gasteiger partial charge on any atom is 0.265 e. The van der Waals surface area contributed by atoms with Gasteiger partial charge in [-0.15, -0.1) is 0 Å². The van der Waals surface area contributed by atoms with E-state index in [1.54, 1.807) is 12.1 Å². The Labute approximate surface area is 110 Å². The van der Waals surface area contributed by atoms with E-state index in [-0.39, 0.29) is 17.0 Å². The standard InChI is InChI=1S/C11H7BrClFN2O/c12-7-5-15-9(16-11(7)17)4-6-2-1-3-8(13)10(6)14/h1-3,5H,4H2,(H,15,16,17). The molecule has 88 valence electrons. The Balaban J connectivity index is 2.35. The van der Waals surface area contributed by atoms with Crippen molar-refractivity contribution >= 4 is 27.5 Å². The lowest BCUT2D eigenvalue weighted by Gasteiger charge is -2.04. The fourth-order valence-electron chi connectivity index (χ4n) is 1.37. The van der Waals surface area contributed by atoms with Crippen molar-refractivity contribution in [1.29, 1.82) is 0 Å². The minimum atomic E-state index is -0.486. The van der Waals surface area contributed by atoms with Gasteiger partial charge in [-0.05, 0) is 27.6 Å². The van der Waals surface area contributed by atoms with Crippen LogP contribution in [0, 0.1) is 5.82 Å². The highest BCUT2D eigenvalue weighted by molar-refractivity contribution is 9.10. The van der Waals surface area contributed by atoms with E-state index in [2.05, 4.69) is 25.9 Å². The van der Waals surface area contributed by atoms with Gasteiger partial charge in [0.15, 0.2) is 0 Å². The van der Waals surface area contributed by atoms with E-state index in [0.717, 1.165) is 0 Å². The molecular formula is C11H7BrClFN2O. The van der Waals surface area contributed by atoms with Gasteiger partial charge in [-0.25, -0.2) is 9.37 Å². The molecule has 17 heavy (non-hydrogen) atoms. The molecule has 0 amide bonds. The molecule has 0 aliphatic carbocycles. The number of nitrogens with zero attached hydrogens (tertiary/aromatic N) is 1. The Morgan fingerprint density at radius 2 is 2.24 bits per heavy atom. The number of benzene rings is 1. The maximum atomic E-state index is 13.6. The number of hydrogen-bond donors (Lipinski definition) is 1. The Morgan fingerprint density at radius 1 is 1.47 bits per heavy atom. The van der Waals surface area contributed by atoms with Crippen LogP contribution in [0.2, 0.25) is 5.02 Å². The second kappa shape index (κ2) is 4.98. The number of hydrogen-bond acceptors (Lipinski definition) is 2. The minimum Gasteiger partial charge on any atom is -0.309 e. The summed E-state index contributed by atoms with van der Waals surface area (Å²) in [5.41, 5.74) is 0.0976. The molecule has 3 nitrogen and oxygen atoms in total. The quantitative estimate of drug-likeness (QED) is 0.925. The van der Waals surface area contributed by atoms with Crippen LogP contribution in [0.1, 0.15) is 11.4 Å². The van der Waals surface area contributed by atoms with Gasteiger partial charge in [0.25, 0.3) is 5.56 Å². The van der Waals surface area contributed by atoms with Crippen LogP contribution in [0.3, 0.4) is 0 Å². The summed E-state index contributed by atoms with van der Waals surface area (Å²) in [5, 5.41) is 0.0574. The van der Waals surface area contributed by atoms with E-state index in [1.165, 1.54) is 12.3 Å². The Morgan fingerprint density at radius 3 is 2.94 bits per heavy atom. The van der Waals surface area contributed by atoms with Crippen molar-refractivity contribution in [2.75, 3.05) is 0 Å². The Bertz CT molecular complexity index is 615. The van der Waals surface area contributed by atoms with Gasteiger partial charge in [0, 0.05) is 12.6 Å². The van der Waals surface area contributed by atoms with Gasteiger partial charge >= 0.3 is 0 Å². The number of aromatic nitrogens is 2. The zero-order valence-electron chi connectivity index (χ0n) is 8.51. The number of aromatic amines is 1. The van der Waals surface area contributed by atoms with Gasteiger partial charge in [0.05, 0.1) is 5.02 Å². The molecule has 1 aromatic heterocycles. The first-order chi connectivity index (χ1) is 8.08. The number of H-pyrrole nitrogens is 1. The first-order valence-corrected chi connectivity index (χ1v) is 5.91. The van der Waals surface area contributed by atoms with Crippen molar-refractivity contribution in [2.24, 2.45) is 0 Å². The third-order valence-electron chi connectivity index (χ3n) is 2.20. The fourth-order valence-corrected chi connectivity index (χ4v) is 1.77. The minimum absolute atomic E-state index is 0.0574. The van der Waals surface area contributed by atoms with Crippen molar-refractivity contribution in [2.45, 2.75) is 6.42 Å². The SMILES string of the molecule is O=c1[nH]c(Cc2cccc(Cl)c2F)ncc1Br. The van der Waals surface area contributed by atoms with Crippen molar-refractivity contribution in [3.63, 3.8) is 0 Å². The van der Waals surface area contributed by atoms with E-state index < -0.39 is 5.82 Å². The highest BCUT2D eigenvalue weighted by Gasteiger charge is 2.08. The van der Waals surface area contributed by atoms with Gasteiger partial charge in [-0.3, -0.25) is 4.79 Å². The summed E-state index contributed by atoms with van der Waals surface area (Å²) in [6.45, 7) is 0. The van der Waals surface area contributed by atoms with Crippen molar-refractivity contribution in [3.05, 3.63) is 61.5 Å². The topological polar surface area (TPSA) is 45.8 Å². The molecule has 2 rings (SSSR count). The van der Waals surface area contributed by atoms with E-state index in [9.17, 15) is 9.18 Å². The van der Waals surface area contributed by atoms with Crippen LogP contribution in [0.5, 0.6) is 0 Å². The molecule has 0 aliphatic heterocycles. The summed E-state index contributed by atoms with van der Waals surface area (Å²) in [6, 6.07) is 4.72. The maximum absolute atomic E-state index is 13.6. The van der Waals surface area contributed by atoms with Crippen LogP contribution >= 0.6 is 27.5 Å². The molecule has 0 atom stereocenters. The van der Waals surface area contributed by atoms with Crippen LogP contribution in [0.4, 0.5) is 4.39 Å². The Kier molecular flexibility index (Phi) is 3.59. The largest absolute Gasteiger partial charge is 0.309 e. The van der Waals surface area contributed by atoms with Crippen LogP contribution < -0.4 is 5.56 Å². The van der Waals surface area contributed by atoms with E-state index in [1.807, 2.05) is 0 Å². The van der Waals surface area contributed by atoms with E-state index in [4.69, 9.17) is 11.6 Å². The van der Waals surface area contributed by atoms with Gasteiger partial charge in [0.2, 0.25) is 0 Å². The zero-order chi connectivity index (χ0) is 12.4. The lowest BCUT2D eigenvalue weighted by atomic mass is 10.1. The predicted octanol–water partition coefficient (Wildman–Crippen LogP) is 2.92. The van der Waals surface area contributed by atoms with Crippen LogP contribution in [0.15, 0.2) is 33.7 Å². The molecule has 1 aromatic carbocycles. The summed E-state index contributed by atoms with van der Waals surface area (Å²) in [7, 11) is 0. The third kappa shape index (κ3) is 2.73. The van der Waals surface area contributed by atoms with E-state index >= 15 is 0 Å². The smallest absolute Gasteiger partial charge is 0.265 e. The van der Waals surface area contributed by atoms with Crippen LogP contribution in [-0.2, 0) is 6.42 Å². The second-order valence-electron chi connectivity index (χ2n) is 3.40. The highest BCUT2D eigenvalue weighted by Crippen LogP contribution is 2.19. The normalized spacial score (nSPS) is 10.5. The molecule has 6 heteroatoms. The number of halogens is 3. The molecular weight excluding hydrogens is 310 g/mol. The van der Waals surface area contributed by atoms with Crippen molar-refractivity contribution in [3.8, 4) is 0 Å². The second-order valence-corrected chi connectivity index (χ2v) is 4.66. The predicted molar refractivity (Wildman–Crippen MR) is 66.8 cm³/mol. The average Bonchev–Trinajstić information content (AvgIpc) is 2.30. The molecule has 1 N–H and O–H groups in total. The molecule has 0 fully saturated rings. The van der Waals surface area contributed by atoms with Crippen molar-refractivity contribution < 1.29 is 4.39 Å². The van der Waals surface area contributed by atoms with Crippen LogP contribution in [-0.4, -0.2) is 9.97 Å². The molecule has 0 aliphatic rings. The molecule has 1 heterocycles. The lowest BCUT2D eigenvalue weighted by Crippen LogP contribution is -2.12. The molecule has 2 aromatic rings. The summed E-state index contributed by atoms with van der Waals surface area (Å²) in [4.78, 5) is 17.9. The summed E-state index contributed by atoms with van der Waals surface area (Å²) >= 11 is 8.70. The summed E-state index contributed by atoms with van der Waals surface area (Å²) < 4.78 is 13.9. The van der Waals surface area contributed by atoms with Gasteiger partial charge in [0.1, 0.15) is 16.1 Å². The molecule has 0 saturated carbocycles.